The molecule has 0 fully saturated rings. The predicted octanol–water partition coefficient (Wildman–Crippen LogP) is 3.53. The van der Waals surface area contributed by atoms with Crippen LogP contribution in [-0.2, 0) is 4.79 Å². The van der Waals surface area contributed by atoms with Gasteiger partial charge in [0.2, 0.25) is 0 Å². The predicted molar refractivity (Wildman–Crippen MR) is 67.5 cm³/mol. The summed E-state index contributed by atoms with van der Waals surface area (Å²) in [5.74, 6) is -0.962. The number of aliphatic carboxylic acids is 1. The Labute approximate surface area is 110 Å². The van der Waals surface area contributed by atoms with Crippen LogP contribution in [0.5, 0.6) is 0 Å². The molecule has 0 aliphatic rings. The first-order valence-electron chi connectivity index (χ1n) is 5.25. The Hall–Kier alpha value is -0.770. The van der Waals surface area contributed by atoms with Crippen molar-refractivity contribution in [3.05, 3.63) is 33.8 Å². The number of carboxylic acid groups (broad SMARTS) is 1. The van der Waals surface area contributed by atoms with Crippen LogP contribution < -0.4 is 0 Å². The molecule has 1 aromatic carbocycles. The van der Waals surface area contributed by atoms with Gasteiger partial charge in [0.05, 0.1) is 16.1 Å². The highest BCUT2D eigenvalue weighted by molar-refractivity contribution is 6.42. The van der Waals surface area contributed by atoms with Crippen molar-refractivity contribution in [2.24, 2.45) is 5.92 Å². The number of carboxylic acids is 1. The van der Waals surface area contributed by atoms with Gasteiger partial charge in [0.15, 0.2) is 0 Å². The summed E-state index contributed by atoms with van der Waals surface area (Å²) >= 11 is 11.6. The molecule has 5 heteroatoms. The third kappa shape index (κ3) is 4.54. The molecular formula is C12H14Cl2O3. The van der Waals surface area contributed by atoms with Crippen LogP contribution in [0, 0.1) is 5.92 Å². The summed E-state index contributed by atoms with van der Waals surface area (Å²) in [5, 5.41) is 19.4. The third-order valence-corrected chi connectivity index (χ3v) is 3.22. The van der Waals surface area contributed by atoms with Crippen LogP contribution >= 0.6 is 23.2 Å². The van der Waals surface area contributed by atoms with Crippen molar-refractivity contribution >= 4 is 29.2 Å². The lowest BCUT2D eigenvalue weighted by atomic mass is 9.96. The molecule has 2 atom stereocenters. The van der Waals surface area contributed by atoms with E-state index in [2.05, 4.69) is 0 Å². The van der Waals surface area contributed by atoms with Crippen LogP contribution in [0.15, 0.2) is 18.2 Å². The summed E-state index contributed by atoms with van der Waals surface area (Å²) in [6.45, 7) is 1.79. The molecule has 0 aromatic heterocycles. The molecule has 17 heavy (non-hydrogen) atoms. The van der Waals surface area contributed by atoms with Crippen molar-refractivity contribution < 1.29 is 15.0 Å². The Morgan fingerprint density at radius 2 is 2.00 bits per heavy atom. The van der Waals surface area contributed by atoms with E-state index in [0.29, 0.717) is 22.0 Å². The van der Waals surface area contributed by atoms with E-state index in [1.165, 1.54) is 0 Å². The monoisotopic (exact) mass is 276 g/mol. The average molecular weight is 277 g/mol. The molecule has 0 radical (unpaired) electrons. The second kappa shape index (κ2) is 6.24. The molecule has 0 saturated heterocycles. The van der Waals surface area contributed by atoms with Crippen molar-refractivity contribution in [2.75, 3.05) is 0 Å². The van der Waals surface area contributed by atoms with Gasteiger partial charge in [0.1, 0.15) is 0 Å². The zero-order chi connectivity index (χ0) is 13.0. The second-order valence-corrected chi connectivity index (χ2v) is 4.94. The second-order valence-electron chi connectivity index (χ2n) is 4.13. The summed E-state index contributed by atoms with van der Waals surface area (Å²) < 4.78 is 0. The SMILES string of the molecule is CC(CC(=O)O)CC(O)c1ccc(Cl)c(Cl)c1. The molecule has 0 amide bonds. The molecule has 2 N–H and O–H groups in total. The Kier molecular flexibility index (Phi) is 5.25. The van der Waals surface area contributed by atoms with Gasteiger partial charge in [-0.1, -0.05) is 36.2 Å². The molecule has 0 aliphatic heterocycles. The van der Waals surface area contributed by atoms with E-state index < -0.39 is 12.1 Å². The first-order chi connectivity index (χ1) is 7.90. The van der Waals surface area contributed by atoms with E-state index in [0.717, 1.165) is 0 Å². The molecule has 2 unspecified atom stereocenters. The first-order valence-corrected chi connectivity index (χ1v) is 6.00. The first kappa shape index (κ1) is 14.3. The summed E-state index contributed by atoms with van der Waals surface area (Å²) in [7, 11) is 0. The van der Waals surface area contributed by atoms with Crippen molar-refractivity contribution in [2.45, 2.75) is 25.9 Å². The van der Waals surface area contributed by atoms with Crippen molar-refractivity contribution in [1.82, 2.24) is 0 Å². The van der Waals surface area contributed by atoms with Crippen LogP contribution in [0.25, 0.3) is 0 Å². The van der Waals surface area contributed by atoms with Crippen molar-refractivity contribution in [3.63, 3.8) is 0 Å². The molecule has 94 valence electrons. The third-order valence-electron chi connectivity index (χ3n) is 2.48. The quantitative estimate of drug-likeness (QED) is 0.865. The minimum atomic E-state index is -0.862. The minimum absolute atomic E-state index is 0.0401. The summed E-state index contributed by atoms with van der Waals surface area (Å²) in [6.07, 6.45) is -0.304. The van der Waals surface area contributed by atoms with Crippen molar-refractivity contribution in [1.29, 1.82) is 0 Å². The molecule has 0 aliphatic carbocycles. The number of hydrogen-bond acceptors (Lipinski definition) is 2. The lowest BCUT2D eigenvalue weighted by molar-refractivity contribution is -0.138. The summed E-state index contributed by atoms with van der Waals surface area (Å²) in [5.41, 5.74) is 0.650. The number of benzene rings is 1. The largest absolute Gasteiger partial charge is 0.481 e. The van der Waals surface area contributed by atoms with Gasteiger partial charge in [-0.2, -0.15) is 0 Å². The lowest BCUT2D eigenvalue weighted by Crippen LogP contribution is -2.09. The Morgan fingerprint density at radius 1 is 1.35 bits per heavy atom. The normalized spacial score (nSPS) is 14.4. The van der Waals surface area contributed by atoms with E-state index in [4.69, 9.17) is 28.3 Å². The Morgan fingerprint density at radius 3 is 2.53 bits per heavy atom. The number of rotatable bonds is 5. The molecule has 1 rings (SSSR count). The zero-order valence-corrected chi connectivity index (χ0v) is 10.9. The fourth-order valence-electron chi connectivity index (χ4n) is 1.62. The van der Waals surface area contributed by atoms with Gasteiger partial charge in [0.25, 0.3) is 0 Å². The summed E-state index contributed by atoms with van der Waals surface area (Å²) in [6, 6.07) is 4.90. The highest BCUT2D eigenvalue weighted by atomic mass is 35.5. The Bertz CT molecular complexity index is 407. The molecule has 0 heterocycles. The fraction of sp³-hybridized carbons (Fsp3) is 0.417. The molecular weight excluding hydrogens is 263 g/mol. The topological polar surface area (TPSA) is 57.5 Å². The standard InChI is InChI=1S/C12H14Cl2O3/c1-7(5-12(16)17)4-11(15)8-2-3-9(13)10(14)6-8/h2-3,6-7,11,15H,4-5H2,1H3,(H,16,17). The smallest absolute Gasteiger partial charge is 0.303 e. The molecule has 0 spiro atoms. The maximum absolute atomic E-state index is 10.5. The lowest BCUT2D eigenvalue weighted by Gasteiger charge is -2.15. The van der Waals surface area contributed by atoms with Crippen LogP contribution in [0.4, 0.5) is 0 Å². The number of aliphatic hydroxyl groups is 1. The van der Waals surface area contributed by atoms with Crippen LogP contribution in [0.1, 0.15) is 31.4 Å². The van der Waals surface area contributed by atoms with E-state index >= 15 is 0 Å². The Balaban J connectivity index is 2.66. The van der Waals surface area contributed by atoms with E-state index in [-0.39, 0.29) is 12.3 Å². The van der Waals surface area contributed by atoms with E-state index in [9.17, 15) is 9.90 Å². The van der Waals surface area contributed by atoms with Crippen molar-refractivity contribution in [3.8, 4) is 0 Å². The summed E-state index contributed by atoms with van der Waals surface area (Å²) in [4.78, 5) is 10.5. The number of carbonyl (C=O) groups is 1. The van der Waals surface area contributed by atoms with Gasteiger partial charge < -0.3 is 10.2 Å². The van der Waals surface area contributed by atoms with Gasteiger partial charge in [-0.3, -0.25) is 4.79 Å². The highest BCUT2D eigenvalue weighted by Gasteiger charge is 2.15. The minimum Gasteiger partial charge on any atom is -0.481 e. The fourth-order valence-corrected chi connectivity index (χ4v) is 1.92. The van der Waals surface area contributed by atoms with Crippen LogP contribution in [0.2, 0.25) is 10.0 Å². The molecule has 0 bridgehead atoms. The zero-order valence-electron chi connectivity index (χ0n) is 9.36. The number of hydrogen-bond donors (Lipinski definition) is 2. The van der Waals surface area contributed by atoms with Gasteiger partial charge in [0, 0.05) is 6.42 Å². The van der Waals surface area contributed by atoms with Gasteiger partial charge in [-0.15, -0.1) is 0 Å². The maximum atomic E-state index is 10.5. The molecule has 1 aromatic rings. The van der Waals surface area contributed by atoms with E-state index in [1.54, 1.807) is 25.1 Å². The number of aliphatic hydroxyl groups excluding tert-OH is 1. The van der Waals surface area contributed by atoms with Crippen LogP contribution in [0.3, 0.4) is 0 Å². The molecule has 0 saturated carbocycles. The molecule has 3 nitrogen and oxygen atoms in total. The van der Waals surface area contributed by atoms with Crippen LogP contribution in [-0.4, -0.2) is 16.2 Å². The maximum Gasteiger partial charge on any atom is 0.303 e. The highest BCUT2D eigenvalue weighted by Crippen LogP contribution is 2.28. The average Bonchev–Trinajstić information content (AvgIpc) is 2.20. The van der Waals surface area contributed by atoms with Gasteiger partial charge in [-0.05, 0) is 30.0 Å². The van der Waals surface area contributed by atoms with Gasteiger partial charge in [-0.25, -0.2) is 0 Å². The van der Waals surface area contributed by atoms with Gasteiger partial charge >= 0.3 is 5.97 Å². The van der Waals surface area contributed by atoms with E-state index in [1.807, 2.05) is 0 Å². The number of halogens is 2.